The van der Waals surface area contributed by atoms with Crippen molar-refractivity contribution < 1.29 is 4.79 Å². The van der Waals surface area contributed by atoms with Crippen LogP contribution in [0.3, 0.4) is 0 Å². The Bertz CT molecular complexity index is 432. The predicted molar refractivity (Wildman–Crippen MR) is 70.5 cm³/mol. The summed E-state index contributed by atoms with van der Waals surface area (Å²) in [6, 6.07) is 1.58. The van der Waals surface area contributed by atoms with E-state index in [2.05, 4.69) is 27.5 Å². The Balaban J connectivity index is 2.10. The molecular formula is C12H17ClN4O. The van der Waals surface area contributed by atoms with Crippen molar-refractivity contribution in [1.29, 1.82) is 0 Å². The Kier molecular flexibility index (Phi) is 4.14. The molecule has 5 nitrogen and oxygen atoms in total. The zero-order chi connectivity index (χ0) is 13.0. The van der Waals surface area contributed by atoms with Gasteiger partial charge in [-0.15, -0.1) is 0 Å². The molecule has 18 heavy (non-hydrogen) atoms. The number of hydrogen-bond acceptors (Lipinski definition) is 4. The number of rotatable bonds is 4. The first kappa shape index (κ1) is 13.2. The molecule has 0 aliphatic carbocycles. The van der Waals surface area contributed by atoms with Crippen LogP contribution in [0.2, 0.25) is 5.15 Å². The molecule has 2 rings (SSSR count). The topological polar surface area (TPSA) is 66.9 Å². The molecule has 1 unspecified atom stereocenters. The van der Waals surface area contributed by atoms with Gasteiger partial charge >= 0.3 is 0 Å². The van der Waals surface area contributed by atoms with Crippen LogP contribution in [-0.2, 0) is 4.79 Å². The van der Waals surface area contributed by atoms with E-state index >= 15 is 0 Å². The van der Waals surface area contributed by atoms with Gasteiger partial charge in [-0.2, -0.15) is 0 Å². The van der Waals surface area contributed by atoms with E-state index < -0.39 is 5.54 Å². The summed E-state index contributed by atoms with van der Waals surface area (Å²) < 4.78 is 0. The number of aromatic nitrogens is 2. The van der Waals surface area contributed by atoms with Crippen LogP contribution in [0.15, 0.2) is 12.3 Å². The highest BCUT2D eigenvalue weighted by Crippen LogP contribution is 2.26. The normalized spacial score (nSPS) is 23.0. The van der Waals surface area contributed by atoms with E-state index in [1.54, 1.807) is 6.07 Å². The fourth-order valence-electron chi connectivity index (χ4n) is 2.37. The van der Waals surface area contributed by atoms with E-state index in [-0.39, 0.29) is 11.9 Å². The second-order valence-corrected chi connectivity index (χ2v) is 4.91. The summed E-state index contributed by atoms with van der Waals surface area (Å²) in [6.07, 6.45) is 5.17. The number of anilines is 1. The molecule has 0 radical (unpaired) electrons. The SMILES string of the molecule is CCCC1(C(=O)Nc2nccc(Cl)n2)CCCN1. The fourth-order valence-corrected chi connectivity index (χ4v) is 2.51. The van der Waals surface area contributed by atoms with Gasteiger partial charge in [-0.25, -0.2) is 9.97 Å². The Labute approximate surface area is 111 Å². The number of amides is 1. The van der Waals surface area contributed by atoms with Crippen LogP contribution in [0.25, 0.3) is 0 Å². The molecule has 1 amide bonds. The van der Waals surface area contributed by atoms with E-state index in [1.807, 2.05) is 0 Å². The molecule has 6 heteroatoms. The summed E-state index contributed by atoms with van der Waals surface area (Å²) in [6.45, 7) is 2.95. The molecule has 2 N–H and O–H groups in total. The van der Waals surface area contributed by atoms with Gasteiger partial charge in [0.1, 0.15) is 5.15 Å². The number of hydrogen-bond donors (Lipinski definition) is 2. The number of carbonyl (C=O) groups is 1. The number of nitrogens with one attached hydrogen (secondary N) is 2. The zero-order valence-corrected chi connectivity index (χ0v) is 11.1. The predicted octanol–water partition coefficient (Wildman–Crippen LogP) is 1.99. The first-order chi connectivity index (χ1) is 8.66. The van der Waals surface area contributed by atoms with Crippen molar-refractivity contribution in [3.05, 3.63) is 17.4 Å². The van der Waals surface area contributed by atoms with Crippen LogP contribution in [0.4, 0.5) is 5.95 Å². The minimum atomic E-state index is -0.472. The lowest BCUT2D eigenvalue weighted by Gasteiger charge is -2.27. The van der Waals surface area contributed by atoms with Gasteiger partial charge in [0, 0.05) is 6.20 Å². The van der Waals surface area contributed by atoms with E-state index in [9.17, 15) is 4.79 Å². The molecule has 1 aromatic rings. The second-order valence-electron chi connectivity index (χ2n) is 4.52. The minimum Gasteiger partial charge on any atom is -0.303 e. The molecule has 98 valence electrons. The molecular weight excluding hydrogens is 252 g/mol. The molecule has 0 aromatic carbocycles. The van der Waals surface area contributed by atoms with Crippen LogP contribution in [0, 0.1) is 0 Å². The fraction of sp³-hybridized carbons (Fsp3) is 0.583. The molecule has 1 saturated heterocycles. The van der Waals surface area contributed by atoms with Crippen LogP contribution in [-0.4, -0.2) is 28.0 Å². The molecule has 1 atom stereocenters. The van der Waals surface area contributed by atoms with Gasteiger partial charge in [-0.3, -0.25) is 10.1 Å². The van der Waals surface area contributed by atoms with Gasteiger partial charge in [-0.1, -0.05) is 24.9 Å². The van der Waals surface area contributed by atoms with E-state index in [4.69, 9.17) is 11.6 Å². The summed E-state index contributed by atoms with van der Waals surface area (Å²) in [5.41, 5.74) is -0.472. The lowest BCUT2D eigenvalue weighted by Crippen LogP contribution is -2.50. The largest absolute Gasteiger partial charge is 0.303 e. The van der Waals surface area contributed by atoms with Gasteiger partial charge in [0.25, 0.3) is 0 Å². The first-order valence-corrected chi connectivity index (χ1v) is 6.59. The molecule has 0 bridgehead atoms. The maximum atomic E-state index is 12.3. The van der Waals surface area contributed by atoms with Gasteiger partial charge < -0.3 is 5.32 Å². The Morgan fingerprint density at radius 2 is 2.50 bits per heavy atom. The zero-order valence-electron chi connectivity index (χ0n) is 10.4. The highest BCUT2D eigenvalue weighted by Gasteiger charge is 2.40. The molecule has 1 aliphatic heterocycles. The third kappa shape index (κ3) is 2.79. The monoisotopic (exact) mass is 268 g/mol. The van der Waals surface area contributed by atoms with E-state index in [0.717, 1.165) is 32.2 Å². The summed E-state index contributed by atoms with van der Waals surface area (Å²) in [5.74, 6) is 0.195. The Morgan fingerprint density at radius 1 is 1.67 bits per heavy atom. The van der Waals surface area contributed by atoms with Gasteiger partial charge in [-0.05, 0) is 31.9 Å². The summed E-state index contributed by atoms with van der Waals surface area (Å²) in [7, 11) is 0. The summed E-state index contributed by atoms with van der Waals surface area (Å²) >= 11 is 5.77. The highest BCUT2D eigenvalue weighted by molar-refractivity contribution is 6.29. The lowest BCUT2D eigenvalue weighted by atomic mass is 9.91. The molecule has 0 spiro atoms. The van der Waals surface area contributed by atoms with Crippen molar-refractivity contribution in [3.63, 3.8) is 0 Å². The van der Waals surface area contributed by atoms with Gasteiger partial charge in [0.2, 0.25) is 11.9 Å². The summed E-state index contributed by atoms with van der Waals surface area (Å²) in [5, 5.41) is 6.37. The third-order valence-corrected chi connectivity index (χ3v) is 3.41. The van der Waals surface area contributed by atoms with Crippen LogP contribution < -0.4 is 10.6 Å². The smallest absolute Gasteiger partial charge is 0.247 e. The van der Waals surface area contributed by atoms with Gasteiger partial charge in [0.05, 0.1) is 5.54 Å². The Morgan fingerprint density at radius 3 is 3.11 bits per heavy atom. The van der Waals surface area contributed by atoms with Crippen molar-refractivity contribution in [2.45, 2.75) is 38.1 Å². The van der Waals surface area contributed by atoms with E-state index in [1.165, 1.54) is 6.20 Å². The van der Waals surface area contributed by atoms with Crippen LogP contribution >= 0.6 is 11.6 Å². The van der Waals surface area contributed by atoms with Crippen molar-refractivity contribution in [1.82, 2.24) is 15.3 Å². The maximum absolute atomic E-state index is 12.3. The van der Waals surface area contributed by atoms with Crippen molar-refractivity contribution in [3.8, 4) is 0 Å². The van der Waals surface area contributed by atoms with Crippen molar-refractivity contribution in [2.75, 3.05) is 11.9 Å². The van der Waals surface area contributed by atoms with Crippen molar-refractivity contribution >= 4 is 23.5 Å². The average Bonchev–Trinajstić information content (AvgIpc) is 2.79. The molecule has 0 saturated carbocycles. The minimum absolute atomic E-state index is 0.0656. The van der Waals surface area contributed by atoms with Crippen molar-refractivity contribution in [2.24, 2.45) is 0 Å². The molecule has 1 fully saturated rings. The van der Waals surface area contributed by atoms with Crippen LogP contribution in [0.1, 0.15) is 32.6 Å². The maximum Gasteiger partial charge on any atom is 0.247 e. The number of halogens is 1. The highest BCUT2D eigenvalue weighted by atomic mass is 35.5. The number of carbonyl (C=O) groups excluding carboxylic acids is 1. The molecule has 1 aromatic heterocycles. The average molecular weight is 269 g/mol. The quantitative estimate of drug-likeness (QED) is 0.820. The van der Waals surface area contributed by atoms with Gasteiger partial charge in [0.15, 0.2) is 0 Å². The van der Waals surface area contributed by atoms with E-state index in [0.29, 0.717) is 5.15 Å². The summed E-state index contributed by atoms with van der Waals surface area (Å²) in [4.78, 5) is 20.3. The lowest BCUT2D eigenvalue weighted by molar-refractivity contribution is -0.122. The standard InChI is InChI=1S/C12H17ClN4O/c1-2-5-12(6-3-7-15-12)10(18)17-11-14-8-4-9(13)16-11/h4,8,15H,2-3,5-7H2,1H3,(H,14,16,17,18). The Hall–Kier alpha value is -1.20. The molecule has 1 aliphatic rings. The molecule has 2 heterocycles. The number of nitrogens with zero attached hydrogens (tertiary/aromatic N) is 2. The first-order valence-electron chi connectivity index (χ1n) is 6.21. The third-order valence-electron chi connectivity index (χ3n) is 3.20. The van der Waals surface area contributed by atoms with Crippen LogP contribution in [0.5, 0.6) is 0 Å². The second kappa shape index (κ2) is 5.63.